The predicted molar refractivity (Wildman–Crippen MR) is 127 cm³/mol. The number of carbonyl (C=O) groups is 1. The normalized spacial score (nSPS) is 27.9. The quantitative estimate of drug-likeness (QED) is 0.301. The summed E-state index contributed by atoms with van der Waals surface area (Å²) in [6.45, 7) is 9.16. The second-order valence-corrected chi connectivity index (χ2v) is 10.6. The summed E-state index contributed by atoms with van der Waals surface area (Å²) in [5.74, 6) is 0.217. The number of esters is 1. The average Bonchev–Trinajstić information content (AvgIpc) is 2.71. The summed E-state index contributed by atoms with van der Waals surface area (Å²) in [5.41, 5.74) is 1.72. The van der Waals surface area contributed by atoms with Crippen LogP contribution in [-0.4, -0.2) is 41.7 Å². The molecule has 3 rings (SSSR count). The van der Waals surface area contributed by atoms with Crippen molar-refractivity contribution in [2.24, 2.45) is 11.3 Å². The lowest BCUT2D eigenvalue weighted by atomic mass is 9.66. The summed E-state index contributed by atoms with van der Waals surface area (Å²) in [6.07, 6.45) is 7.13. The second kappa shape index (κ2) is 11.0. The standard InChI is InChI=1S/C26H35FO4S/c1-5-11-30-20-15-21(17-7-10-24(32-6-2)23(27)12-17)22(26(3,4)16-20)9-8-19-13-18(28)14-25(29)31-19/h7-10,12,15,18-20,22,28H,5-6,11,13-14,16H2,1-4H3/t18-,19-,20?,22?/m1/s1. The van der Waals surface area contributed by atoms with Crippen molar-refractivity contribution >= 4 is 23.3 Å². The van der Waals surface area contributed by atoms with Gasteiger partial charge in [-0.25, -0.2) is 4.39 Å². The van der Waals surface area contributed by atoms with Crippen molar-refractivity contribution in [3.63, 3.8) is 0 Å². The minimum absolute atomic E-state index is 0.00849. The van der Waals surface area contributed by atoms with Gasteiger partial charge in [-0.15, -0.1) is 11.8 Å². The number of aliphatic hydroxyl groups is 1. The van der Waals surface area contributed by atoms with Crippen LogP contribution in [0, 0.1) is 17.2 Å². The largest absolute Gasteiger partial charge is 0.458 e. The molecule has 1 fully saturated rings. The Morgan fingerprint density at radius 3 is 2.75 bits per heavy atom. The van der Waals surface area contributed by atoms with Crippen LogP contribution in [0.15, 0.2) is 41.3 Å². The predicted octanol–water partition coefficient (Wildman–Crippen LogP) is 5.79. The van der Waals surface area contributed by atoms with Gasteiger partial charge in [0.1, 0.15) is 11.9 Å². The van der Waals surface area contributed by atoms with Crippen LogP contribution in [-0.2, 0) is 14.3 Å². The third kappa shape index (κ3) is 6.24. The Bertz CT molecular complexity index is 863. The number of allylic oxidation sites excluding steroid dienone is 2. The minimum Gasteiger partial charge on any atom is -0.458 e. The van der Waals surface area contributed by atoms with Gasteiger partial charge in [0.05, 0.1) is 18.6 Å². The van der Waals surface area contributed by atoms with Gasteiger partial charge in [-0.3, -0.25) is 4.79 Å². The van der Waals surface area contributed by atoms with Crippen molar-refractivity contribution in [3.8, 4) is 0 Å². The molecule has 4 atom stereocenters. The van der Waals surface area contributed by atoms with Gasteiger partial charge in [-0.2, -0.15) is 0 Å². The zero-order valence-corrected chi connectivity index (χ0v) is 20.3. The molecule has 1 heterocycles. The molecule has 0 amide bonds. The van der Waals surface area contributed by atoms with Crippen LogP contribution in [0.1, 0.15) is 58.9 Å². The van der Waals surface area contributed by atoms with Gasteiger partial charge in [0.2, 0.25) is 0 Å². The molecule has 0 aromatic heterocycles. The number of thioether (sulfide) groups is 1. The summed E-state index contributed by atoms with van der Waals surface area (Å²) in [4.78, 5) is 12.4. The van der Waals surface area contributed by atoms with E-state index in [1.165, 1.54) is 11.8 Å². The zero-order chi connectivity index (χ0) is 23.3. The number of aliphatic hydroxyl groups excluding tert-OH is 1. The lowest BCUT2D eigenvalue weighted by molar-refractivity contribution is -0.156. The van der Waals surface area contributed by atoms with E-state index in [2.05, 4.69) is 32.9 Å². The van der Waals surface area contributed by atoms with Crippen molar-refractivity contribution in [1.82, 2.24) is 0 Å². The Morgan fingerprint density at radius 2 is 2.09 bits per heavy atom. The van der Waals surface area contributed by atoms with Crippen molar-refractivity contribution in [3.05, 3.63) is 47.8 Å². The molecular weight excluding hydrogens is 427 g/mol. The molecular formula is C26H35FO4S. The lowest BCUT2D eigenvalue weighted by Gasteiger charge is -2.41. The topological polar surface area (TPSA) is 55.8 Å². The van der Waals surface area contributed by atoms with Crippen molar-refractivity contribution < 1.29 is 23.8 Å². The van der Waals surface area contributed by atoms with Crippen LogP contribution in [0.4, 0.5) is 4.39 Å². The highest BCUT2D eigenvalue weighted by atomic mass is 32.2. The van der Waals surface area contributed by atoms with E-state index < -0.39 is 12.2 Å². The first-order valence-corrected chi connectivity index (χ1v) is 12.5. The minimum atomic E-state index is -0.676. The molecule has 4 nitrogen and oxygen atoms in total. The van der Waals surface area contributed by atoms with E-state index in [1.807, 2.05) is 25.1 Å². The van der Waals surface area contributed by atoms with Crippen molar-refractivity contribution in [2.75, 3.05) is 12.4 Å². The average molecular weight is 463 g/mol. The van der Waals surface area contributed by atoms with Gasteiger partial charge in [0, 0.05) is 23.8 Å². The maximum Gasteiger partial charge on any atom is 0.309 e. The van der Waals surface area contributed by atoms with Crippen LogP contribution in [0.5, 0.6) is 0 Å². The highest BCUT2D eigenvalue weighted by Gasteiger charge is 2.38. The van der Waals surface area contributed by atoms with Gasteiger partial charge >= 0.3 is 5.97 Å². The SMILES string of the molecule is CCCOC1C=C(c2ccc(SCC)c(F)c2)C(C=C[C@@H]2C[C@@H](O)CC(=O)O2)C(C)(C)C1. The fourth-order valence-corrected chi connectivity index (χ4v) is 5.23. The molecule has 0 spiro atoms. The molecule has 1 aromatic carbocycles. The van der Waals surface area contributed by atoms with E-state index in [1.54, 1.807) is 6.07 Å². The first-order chi connectivity index (χ1) is 15.2. The van der Waals surface area contributed by atoms with Crippen LogP contribution in [0.3, 0.4) is 0 Å². The molecule has 176 valence electrons. The number of halogens is 1. The van der Waals surface area contributed by atoms with Gasteiger partial charge in [-0.1, -0.05) is 45.9 Å². The molecule has 1 aliphatic heterocycles. The molecule has 0 bridgehead atoms. The molecule has 1 aliphatic carbocycles. The Kier molecular flexibility index (Phi) is 8.59. The van der Waals surface area contributed by atoms with Crippen molar-refractivity contribution in [1.29, 1.82) is 0 Å². The van der Waals surface area contributed by atoms with Gasteiger partial charge in [-0.05, 0) is 53.4 Å². The molecule has 2 aliphatic rings. The third-order valence-corrected chi connectivity index (χ3v) is 7.01. The van der Waals surface area contributed by atoms with Gasteiger partial charge in [0.15, 0.2) is 0 Å². The van der Waals surface area contributed by atoms with Crippen LogP contribution >= 0.6 is 11.8 Å². The monoisotopic (exact) mass is 462 g/mol. The third-order valence-electron chi connectivity index (χ3n) is 6.08. The molecule has 2 unspecified atom stereocenters. The molecule has 1 N–H and O–H groups in total. The van der Waals surface area contributed by atoms with Gasteiger partial charge in [0.25, 0.3) is 0 Å². The van der Waals surface area contributed by atoms with E-state index in [0.29, 0.717) is 17.9 Å². The summed E-state index contributed by atoms with van der Waals surface area (Å²) < 4.78 is 26.3. The Hall–Kier alpha value is -1.63. The number of benzene rings is 1. The molecule has 1 aromatic rings. The fraction of sp³-hybridized carbons (Fsp3) is 0.577. The molecule has 1 saturated heterocycles. The Balaban J connectivity index is 1.95. The van der Waals surface area contributed by atoms with Crippen LogP contribution in [0.25, 0.3) is 5.57 Å². The maximum atomic E-state index is 14.8. The number of cyclic esters (lactones) is 1. The lowest BCUT2D eigenvalue weighted by Crippen LogP contribution is -2.35. The van der Waals surface area contributed by atoms with E-state index in [0.717, 1.165) is 29.7 Å². The Labute approximate surface area is 195 Å². The second-order valence-electron chi connectivity index (χ2n) is 9.29. The summed E-state index contributed by atoms with van der Waals surface area (Å²) >= 11 is 1.49. The van der Waals surface area contributed by atoms with E-state index >= 15 is 0 Å². The van der Waals surface area contributed by atoms with E-state index in [4.69, 9.17) is 9.47 Å². The summed E-state index contributed by atoms with van der Waals surface area (Å²) in [5, 5.41) is 9.93. The summed E-state index contributed by atoms with van der Waals surface area (Å²) in [7, 11) is 0. The van der Waals surface area contributed by atoms with Gasteiger partial charge < -0.3 is 14.6 Å². The van der Waals surface area contributed by atoms with Crippen LogP contribution < -0.4 is 0 Å². The smallest absolute Gasteiger partial charge is 0.309 e. The zero-order valence-electron chi connectivity index (χ0n) is 19.5. The first kappa shape index (κ1) is 25.0. The highest BCUT2D eigenvalue weighted by Crippen LogP contribution is 2.47. The highest BCUT2D eigenvalue weighted by molar-refractivity contribution is 7.99. The molecule has 0 saturated carbocycles. The fourth-order valence-electron chi connectivity index (χ4n) is 4.56. The molecule has 32 heavy (non-hydrogen) atoms. The summed E-state index contributed by atoms with van der Waals surface area (Å²) in [6, 6.07) is 5.45. The number of ether oxygens (including phenoxy) is 2. The number of hydrogen-bond donors (Lipinski definition) is 1. The van der Waals surface area contributed by atoms with Crippen molar-refractivity contribution in [2.45, 2.75) is 76.6 Å². The number of rotatable bonds is 8. The first-order valence-electron chi connectivity index (χ1n) is 11.6. The number of hydrogen-bond acceptors (Lipinski definition) is 5. The Morgan fingerprint density at radius 1 is 1.31 bits per heavy atom. The molecule has 6 heteroatoms. The maximum absolute atomic E-state index is 14.8. The van der Waals surface area contributed by atoms with E-state index in [-0.39, 0.29) is 35.6 Å². The number of carbonyl (C=O) groups excluding carboxylic acids is 1. The van der Waals surface area contributed by atoms with Crippen LogP contribution in [0.2, 0.25) is 0 Å². The van der Waals surface area contributed by atoms with E-state index in [9.17, 15) is 14.3 Å². The molecule has 0 radical (unpaired) electrons.